The van der Waals surface area contributed by atoms with Crippen molar-refractivity contribution in [3.05, 3.63) is 34.5 Å². The highest BCUT2D eigenvalue weighted by Crippen LogP contribution is 2.10. The molecule has 1 N–H and O–H groups in total. The Labute approximate surface area is 85.1 Å². The third-order valence-electron chi connectivity index (χ3n) is 1.71. The molecule has 0 fully saturated rings. The summed E-state index contributed by atoms with van der Waals surface area (Å²) in [6.45, 7) is 0. The van der Waals surface area contributed by atoms with Gasteiger partial charge in [-0.3, -0.25) is 4.98 Å². The molecular weight excluding hydrogens is 200 g/mol. The molecule has 0 aliphatic carbocycles. The van der Waals surface area contributed by atoms with Crippen LogP contribution in [0.5, 0.6) is 0 Å². The minimum absolute atomic E-state index is 0.469. The van der Waals surface area contributed by atoms with Gasteiger partial charge in [0.25, 0.3) is 0 Å². The fourth-order valence-corrected chi connectivity index (χ4v) is 1.24. The van der Waals surface area contributed by atoms with Gasteiger partial charge in [-0.2, -0.15) is 12.6 Å². The zero-order valence-corrected chi connectivity index (χ0v) is 8.12. The van der Waals surface area contributed by atoms with E-state index in [1.165, 1.54) is 0 Å². The van der Waals surface area contributed by atoms with E-state index >= 15 is 0 Å². The SMILES string of the molecule is O=c1[nH]c2ncc(C=CCS)cc2o1. The first-order chi connectivity index (χ1) is 6.79. The minimum Gasteiger partial charge on any atom is -0.406 e. The Balaban J connectivity index is 2.50. The molecule has 0 radical (unpaired) electrons. The molecule has 14 heavy (non-hydrogen) atoms. The van der Waals surface area contributed by atoms with Gasteiger partial charge in [0, 0.05) is 11.9 Å². The van der Waals surface area contributed by atoms with Crippen LogP contribution < -0.4 is 5.76 Å². The van der Waals surface area contributed by atoms with Crippen molar-refractivity contribution in [2.45, 2.75) is 0 Å². The summed E-state index contributed by atoms with van der Waals surface area (Å²) in [7, 11) is 0. The van der Waals surface area contributed by atoms with Gasteiger partial charge >= 0.3 is 5.76 Å². The molecule has 2 rings (SSSR count). The summed E-state index contributed by atoms with van der Waals surface area (Å²) in [5.41, 5.74) is 1.82. The van der Waals surface area contributed by atoms with Gasteiger partial charge in [0.15, 0.2) is 11.2 Å². The van der Waals surface area contributed by atoms with Crippen molar-refractivity contribution in [2.24, 2.45) is 0 Å². The number of thiol groups is 1. The van der Waals surface area contributed by atoms with E-state index in [4.69, 9.17) is 4.42 Å². The Kier molecular flexibility index (Phi) is 2.41. The van der Waals surface area contributed by atoms with Crippen LogP contribution in [0.1, 0.15) is 5.56 Å². The van der Waals surface area contributed by atoms with Crippen molar-refractivity contribution >= 4 is 29.9 Å². The van der Waals surface area contributed by atoms with Crippen molar-refractivity contribution in [3.63, 3.8) is 0 Å². The zero-order chi connectivity index (χ0) is 9.97. The molecule has 0 bridgehead atoms. The second-order valence-electron chi connectivity index (χ2n) is 2.71. The van der Waals surface area contributed by atoms with Crippen molar-refractivity contribution in [1.82, 2.24) is 9.97 Å². The Morgan fingerprint density at radius 2 is 2.50 bits per heavy atom. The van der Waals surface area contributed by atoms with E-state index in [9.17, 15) is 4.79 Å². The number of rotatable bonds is 2. The number of hydrogen-bond donors (Lipinski definition) is 2. The van der Waals surface area contributed by atoms with Crippen LogP contribution in [0.15, 0.2) is 27.6 Å². The molecule has 0 amide bonds. The number of nitrogens with one attached hydrogen (secondary N) is 1. The molecule has 0 spiro atoms. The molecule has 4 nitrogen and oxygen atoms in total. The summed E-state index contributed by atoms with van der Waals surface area (Å²) >= 11 is 4.04. The second-order valence-corrected chi connectivity index (χ2v) is 3.08. The maximum atomic E-state index is 10.8. The van der Waals surface area contributed by atoms with E-state index in [2.05, 4.69) is 22.6 Å². The number of aromatic nitrogens is 2. The molecule has 2 heterocycles. The van der Waals surface area contributed by atoms with Gasteiger partial charge < -0.3 is 4.42 Å². The van der Waals surface area contributed by atoms with Gasteiger partial charge in [-0.05, 0) is 11.6 Å². The minimum atomic E-state index is -0.483. The lowest BCUT2D eigenvalue weighted by molar-refractivity contribution is 0.555. The molecule has 0 saturated carbocycles. The van der Waals surface area contributed by atoms with Gasteiger partial charge in [0.2, 0.25) is 0 Å². The van der Waals surface area contributed by atoms with Gasteiger partial charge in [0.05, 0.1) is 0 Å². The van der Waals surface area contributed by atoms with Crippen LogP contribution in [0, 0.1) is 0 Å². The summed E-state index contributed by atoms with van der Waals surface area (Å²) in [5, 5.41) is 0. The normalized spacial score (nSPS) is 11.5. The summed E-state index contributed by atoms with van der Waals surface area (Å²) < 4.78 is 4.86. The average molecular weight is 208 g/mol. The molecule has 0 saturated heterocycles. The van der Waals surface area contributed by atoms with E-state index in [0.717, 1.165) is 5.56 Å². The van der Waals surface area contributed by atoms with Gasteiger partial charge in [0.1, 0.15) is 0 Å². The average Bonchev–Trinajstić information content (AvgIpc) is 2.54. The molecule has 0 aliphatic rings. The van der Waals surface area contributed by atoms with E-state index in [-0.39, 0.29) is 0 Å². The first-order valence-electron chi connectivity index (χ1n) is 4.06. The highest BCUT2D eigenvalue weighted by Gasteiger charge is 2.01. The van der Waals surface area contributed by atoms with E-state index in [1.807, 2.05) is 12.2 Å². The lowest BCUT2D eigenvalue weighted by Crippen LogP contribution is -1.93. The topological polar surface area (TPSA) is 58.9 Å². The molecule has 0 aromatic carbocycles. The van der Waals surface area contributed by atoms with Crippen LogP contribution >= 0.6 is 12.6 Å². The zero-order valence-electron chi connectivity index (χ0n) is 7.23. The van der Waals surface area contributed by atoms with Crippen LogP contribution in [0.3, 0.4) is 0 Å². The molecule has 2 aromatic rings. The van der Waals surface area contributed by atoms with Crippen molar-refractivity contribution in [2.75, 3.05) is 5.75 Å². The fourth-order valence-electron chi connectivity index (χ4n) is 1.13. The molecule has 72 valence electrons. The number of hydrogen-bond acceptors (Lipinski definition) is 4. The predicted octanol–water partition coefficient (Wildman–Crippen LogP) is 1.46. The summed E-state index contributed by atoms with van der Waals surface area (Å²) in [4.78, 5) is 17.3. The Hall–Kier alpha value is -1.49. The molecule has 0 atom stereocenters. The van der Waals surface area contributed by atoms with E-state index in [0.29, 0.717) is 17.0 Å². The predicted molar refractivity (Wildman–Crippen MR) is 57.5 cm³/mol. The number of nitrogens with zero attached hydrogens (tertiary/aromatic N) is 1. The first kappa shape index (κ1) is 9.08. The smallest absolute Gasteiger partial charge is 0.406 e. The number of pyridine rings is 1. The molecule has 0 unspecified atom stereocenters. The summed E-state index contributed by atoms with van der Waals surface area (Å²) in [6, 6.07) is 1.75. The van der Waals surface area contributed by atoms with Crippen LogP contribution in [0.2, 0.25) is 0 Å². The fraction of sp³-hybridized carbons (Fsp3) is 0.111. The number of H-pyrrole nitrogens is 1. The third kappa shape index (κ3) is 1.72. The summed E-state index contributed by atoms with van der Waals surface area (Å²) in [5.74, 6) is 0.178. The molecular formula is C9H8N2O2S. The second kappa shape index (κ2) is 3.71. The largest absolute Gasteiger partial charge is 0.418 e. The van der Waals surface area contributed by atoms with Crippen LogP contribution in [-0.4, -0.2) is 15.7 Å². The Morgan fingerprint density at radius 3 is 3.29 bits per heavy atom. The van der Waals surface area contributed by atoms with Crippen LogP contribution in [0.4, 0.5) is 0 Å². The highest BCUT2D eigenvalue weighted by atomic mass is 32.1. The monoisotopic (exact) mass is 208 g/mol. The number of aromatic amines is 1. The first-order valence-corrected chi connectivity index (χ1v) is 4.69. The Bertz CT molecular complexity index is 527. The van der Waals surface area contributed by atoms with E-state index in [1.54, 1.807) is 12.3 Å². The molecule has 5 heteroatoms. The van der Waals surface area contributed by atoms with Crippen molar-refractivity contribution < 1.29 is 4.42 Å². The van der Waals surface area contributed by atoms with E-state index < -0.39 is 5.76 Å². The van der Waals surface area contributed by atoms with Crippen molar-refractivity contribution in [1.29, 1.82) is 0 Å². The molecule has 0 aliphatic heterocycles. The van der Waals surface area contributed by atoms with Crippen LogP contribution in [-0.2, 0) is 0 Å². The number of fused-ring (bicyclic) bond motifs is 1. The Morgan fingerprint density at radius 1 is 1.64 bits per heavy atom. The molecule has 2 aromatic heterocycles. The maximum absolute atomic E-state index is 10.8. The lowest BCUT2D eigenvalue weighted by atomic mass is 10.2. The maximum Gasteiger partial charge on any atom is 0.418 e. The summed E-state index contributed by atoms with van der Waals surface area (Å²) in [6.07, 6.45) is 5.41. The van der Waals surface area contributed by atoms with Crippen molar-refractivity contribution in [3.8, 4) is 0 Å². The standard InChI is InChI=1S/C9H8N2O2S/c12-9-11-8-7(13-9)4-6(5-10-8)2-1-3-14/h1-2,4-5,14H,3H2,(H,10,11,12). The van der Waals surface area contributed by atoms with Gasteiger partial charge in [-0.15, -0.1) is 0 Å². The third-order valence-corrected chi connectivity index (χ3v) is 1.92. The quantitative estimate of drug-likeness (QED) is 0.734. The number of oxazole rings is 1. The highest BCUT2D eigenvalue weighted by molar-refractivity contribution is 7.80. The van der Waals surface area contributed by atoms with Gasteiger partial charge in [-0.25, -0.2) is 9.78 Å². The van der Waals surface area contributed by atoms with Crippen LogP contribution in [0.25, 0.3) is 17.3 Å². The lowest BCUT2D eigenvalue weighted by Gasteiger charge is -1.90. The van der Waals surface area contributed by atoms with Gasteiger partial charge in [-0.1, -0.05) is 12.2 Å².